The number of para-hydroxylation sites is 2. The minimum absolute atomic E-state index is 0.241. The Morgan fingerprint density at radius 1 is 0.970 bits per heavy atom. The summed E-state index contributed by atoms with van der Waals surface area (Å²) < 4.78 is 1.90. The summed E-state index contributed by atoms with van der Waals surface area (Å²) in [7, 11) is 0. The number of imidazole rings is 1. The smallest absolute Gasteiger partial charge is 0.255 e. The van der Waals surface area contributed by atoms with Gasteiger partial charge in [-0.3, -0.25) is 9.20 Å². The normalized spacial score (nSPS) is 10.8. The van der Waals surface area contributed by atoms with Crippen molar-refractivity contribution in [3.8, 4) is 11.4 Å². The van der Waals surface area contributed by atoms with E-state index in [0.717, 1.165) is 28.4 Å². The van der Waals surface area contributed by atoms with Gasteiger partial charge >= 0.3 is 0 Å². The van der Waals surface area contributed by atoms with Gasteiger partial charge in [0.15, 0.2) is 0 Å². The van der Waals surface area contributed by atoms with Crippen molar-refractivity contribution >= 4 is 34.6 Å². The van der Waals surface area contributed by atoms with Crippen molar-refractivity contribution in [2.75, 3.05) is 16.4 Å². The van der Waals surface area contributed by atoms with E-state index in [0.29, 0.717) is 22.9 Å². The van der Waals surface area contributed by atoms with Crippen LogP contribution in [0.15, 0.2) is 79.4 Å². The molecule has 0 aliphatic rings. The van der Waals surface area contributed by atoms with Gasteiger partial charge in [0.05, 0.1) is 28.5 Å². The highest BCUT2D eigenvalue weighted by atomic mass is 16.1. The Morgan fingerprint density at radius 3 is 2.61 bits per heavy atom. The Kier molecular flexibility index (Phi) is 5.12. The van der Waals surface area contributed by atoms with Gasteiger partial charge in [0.1, 0.15) is 12.0 Å². The number of nitrogens with one attached hydrogen (secondary N) is 2. The highest BCUT2D eigenvalue weighted by Gasteiger charge is 2.13. The number of hydrogen-bond acceptors (Lipinski definition) is 7. The van der Waals surface area contributed by atoms with Crippen LogP contribution in [0.3, 0.4) is 0 Å². The molecule has 9 nitrogen and oxygen atoms in total. The monoisotopic (exact) mass is 436 g/mol. The Bertz CT molecular complexity index is 1460. The van der Waals surface area contributed by atoms with Crippen LogP contribution in [-0.4, -0.2) is 30.2 Å². The summed E-state index contributed by atoms with van der Waals surface area (Å²) in [6.45, 7) is 1.93. The van der Waals surface area contributed by atoms with Gasteiger partial charge in [0.25, 0.3) is 5.91 Å². The van der Waals surface area contributed by atoms with E-state index in [1.165, 1.54) is 0 Å². The molecule has 3 heterocycles. The van der Waals surface area contributed by atoms with Crippen molar-refractivity contribution in [1.29, 1.82) is 0 Å². The van der Waals surface area contributed by atoms with Crippen LogP contribution >= 0.6 is 0 Å². The number of fused-ring (bicyclic) bond motifs is 1. The number of amides is 1. The second-order valence-corrected chi connectivity index (χ2v) is 7.36. The zero-order valence-electron chi connectivity index (χ0n) is 17.7. The molecular formula is C24H20N8O. The first kappa shape index (κ1) is 20.1. The first-order chi connectivity index (χ1) is 16.1. The van der Waals surface area contributed by atoms with Gasteiger partial charge in [-0.2, -0.15) is 0 Å². The number of benzene rings is 2. The minimum Gasteiger partial charge on any atom is -0.397 e. The number of nitrogens with zero attached hydrogens (tertiary/aromatic N) is 5. The average molecular weight is 436 g/mol. The molecule has 33 heavy (non-hydrogen) atoms. The van der Waals surface area contributed by atoms with E-state index in [-0.39, 0.29) is 5.91 Å². The number of anilines is 4. The fourth-order valence-electron chi connectivity index (χ4n) is 3.52. The van der Waals surface area contributed by atoms with Gasteiger partial charge in [-0.1, -0.05) is 12.1 Å². The van der Waals surface area contributed by atoms with E-state index in [1.54, 1.807) is 55.1 Å². The molecule has 2 aromatic carbocycles. The number of aromatic nitrogens is 5. The lowest BCUT2D eigenvalue weighted by Crippen LogP contribution is -2.13. The quantitative estimate of drug-likeness (QED) is 0.355. The number of carbonyl (C=O) groups excluding carboxylic acids is 1. The lowest BCUT2D eigenvalue weighted by Gasteiger charge is -2.09. The number of aryl methyl sites for hydroxylation is 1. The lowest BCUT2D eigenvalue weighted by atomic mass is 10.2. The molecule has 0 radical (unpaired) electrons. The Labute approximate surface area is 189 Å². The molecule has 0 saturated heterocycles. The fourth-order valence-corrected chi connectivity index (χ4v) is 3.52. The van der Waals surface area contributed by atoms with Gasteiger partial charge in [-0.25, -0.2) is 19.9 Å². The first-order valence-electron chi connectivity index (χ1n) is 10.2. The molecular weight excluding hydrogens is 416 g/mol. The minimum atomic E-state index is -0.241. The summed E-state index contributed by atoms with van der Waals surface area (Å²) in [4.78, 5) is 30.2. The fraction of sp³-hybridized carbons (Fsp3) is 0.0417. The van der Waals surface area contributed by atoms with Crippen LogP contribution in [-0.2, 0) is 0 Å². The maximum atomic E-state index is 12.5. The van der Waals surface area contributed by atoms with Crippen LogP contribution in [0, 0.1) is 6.92 Å². The van der Waals surface area contributed by atoms with Crippen molar-refractivity contribution in [3.05, 3.63) is 90.6 Å². The van der Waals surface area contributed by atoms with Crippen LogP contribution in [0.25, 0.3) is 17.0 Å². The van der Waals surface area contributed by atoms with Crippen LogP contribution in [0.2, 0.25) is 0 Å². The number of nitrogen functional groups attached to an aromatic ring is 1. The molecule has 0 aliphatic heterocycles. The molecule has 0 unspecified atom stereocenters. The van der Waals surface area contributed by atoms with E-state index < -0.39 is 0 Å². The molecule has 0 saturated carbocycles. The van der Waals surface area contributed by atoms with E-state index in [2.05, 4.69) is 30.6 Å². The maximum absolute atomic E-state index is 12.5. The predicted molar refractivity (Wildman–Crippen MR) is 127 cm³/mol. The summed E-state index contributed by atoms with van der Waals surface area (Å²) in [5.74, 6) is 0.189. The van der Waals surface area contributed by atoms with E-state index in [9.17, 15) is 4.79 Å². The van der Waals surface area contributed by atoms with Gasteiger partial charge in [0.2, 0.25) is 5.95 Å². The molecule has 0 bridgehead atoms. The van der Waals surface area contributed by atoms with E-state index >= 15 is 0 Å². The maximum Gasteiger partial charge on any atom is 0.255 e. The summed E-state index contributed by atoms with van der Waals surface area (Å²) in [5.41, 5.74) is 11.5. The standard InChI is InChI=1S/C24H20N8O/c1-15-22(32-14-26-12-11-21(32)28-15)20-10-13-27-24(31-20)29-17-8-6-16(7-9-17)23(33)30-19-5-3-2-4-18(19)25/h2-14H,25H2,1H3,(H,30,33)(H,27,29,31). The summed E-state index contributed by atoms with van der Waals surface area (Å²) in [6.07, 6.45) is 5.11. The van der Waals surface area contributed by atoms with Crippen molar-refractivity contribution in [2.24, 2.45) is 0 Å². The third-order valence-corrected chi connectivity index (χ3v) is 5.11. The highest BCUT2D eigenvalue weighted by molar-refractivity contribution is 6.05. The van der Waals surface area contributed by atoms with E-state index in [4.69, 9.17) is 5.73 Å². The Hall–Kier alpha value is -4.79. The third kappa shape index (κ3) is 4.07. The number of hydrogen-bond donors (Lipinski definition) is 3. The second kappa shape index (κ2) is 8.39. The van der Waals surface area contributed by atoms with Gasteiger partial charge in [-0.05, 0) is 55.5 Å². The van der Waals surface area contributed by atoms with Crippen molar-refractivity contribution < 1.29 is 4.79 Å². The Balaban J connectivity index is 1.34. The van der Waals surface area contributed by atoms with Gasteiger partial charge in [-0.15, -0.1) is 0 Å². The Morgan fingerprint density at radius 2 is 1.79 bits per heavy atom. The zero-order valence-corrected chi connectivity index (χ0v) is 17.7. The average Bonchev–Trinajstić information content (AvgIpc) is 3.17. The molecule has 9 heteroatoms. The molecule has 0 atom stereocenters. The van der Waals surface area contributed by atoms with Gasteiger partial charge < -0.3 is 16.4 Å². The summed E-state index contributed by atoms with van der Waals surface area (Å²) in [5, 5.41) is 6.00. The molecule has 1 amide bonds. The largest absolute Gasteiger partial charge is 0.397 e. The molecule has 0 fully saturated rings. The topological polar surface area (TPSA) is 123 Å². The molecule has 3 aromatic heterocycles. The van der Waals surface area contributed by atoms with Crippen LogP contribution in [0.5, 0.6) is 0 Å². The predicted octanol–water partition coefficient (Wildman–Crippen LogP) is 4.07. The van der Waals surface area contributed by atoms with Crippen molar-refractivity contribution in [3.63, 3.8) is 0 Å². The summed E-state index contributed by atoms with van der Waals surface area (Å²) >= 11 is 0. The number of nitrogens with two attached hydrogens (primary N) is 1. The van der Waals surface area contributed by atoms with Crippen molar-refractivity contribution in [2.45, 2.75) is 6.92 Å². The van der Waals surface area contributed by atoms with Crippen molar-refractivity contribution in [1.82, 2.24) is 24.3 Å². The lowest BCUT2D eigenvalue weighted by molar-refractivity contribution is 0.102. The molecule has 5 rings (SSSR count). The highest BCUT2D eigenvalue weighted by Crippen LogP contribution is 2.24. The molecule has 0 spiro atoms. The number of rotatable bonds is 5. The molecule has 162 valence electrons. The van der Waals surface area contributed by atoms with Gasteiger partial charge in [0, 0.05) is 23.6 Å². The van der Waals surface area contributed by atoms with Crippen LogP contribution in [0.1, 0.15) is 16.1 Å². The molecule has 5 aromatic rings. The van der Waals surface area contributed by atoms with Crippen LogP contribution in [0.4, 0.5) is 23.0 Å². The first-order valence-corrected chi connectivity index (χ1v) is 10.2. The van der Waals surface area contributed by atoms with Crippen LogP contribution < -0.4 is 16.4 Å². The molecule has 4 N–H and O–H groups in total. The SMILES string of the molecule is Cc1nc2ccncn2c1-c1ccnc(Nc2ccc(C(=O)Nc3ccccc3N)cc2)n1. The number of carbonyl (C=O) groups is 1. The zero-order chi connectivity index (χ0) is 22.8. The second-order valence-electron chi connectivity index (χ2n) is 7.36. The summed E-state index contributed by atoms with van der Waals surface area (Å²) in [6, 6.07) is 17.8. The van der Waals surface area contributed by atoms with E-state index in [1.807, 2.05) is 35.6 Å². The molecule has 0 aliphatic carbocycles. The third-order valence-electron chi connectivity index (χ3n) is 5.11.